The number of rotatable bonds is 5. The summed E-state index contributed by atoms with van der Waals surface area (Å²) in [6.07, 6.45) is 0. The van der Waals surface area contributed by atoms with Gasteiger partial charge in [0.25, 0.3) is 6.47 Å². The van der Waals surface area contributed by atoms with Crippen LogP contribution in [0.2, 0.25) is 0 Å². The maximum Gasteiger partial charge on any atom is 0.293 e. The molecule has 0 bridgehead atoms. The molecule has 0 aromatic carbocycles. The second-order valence-electron chi connectivity index (χ2n) is 1.89. The lowest BCUT2D eigenvalue weighted by atomic mass is 10.6. The van der Waals surface area contributed by atoms with E-state index in [2.05, 4.69) is 18.6 Å². The Morgan fingerprint density at radius 2 is 2.33 bits per heavy atom. The summed E-state index contributed by atoms with van der Waals surface area (Å²) in [5.41, 5.74) is 0. The summed E-state index contributed by atoms with van der Waals surface area (Å²) in [7, 11) is 0. The van der Waals surface area contributed by atoms with E-state index in [4.69, 9.17) is 0 Å². The van der Waals surface area contributed by atoms with Crippen LogP contribution in [0.4, 0.5) is 0 Å². The molecule has 0 aliphatic rings. The van der Waals surface area contributed by atoms with Gasteiger partial charge in [-0.1, -0.05) is 13.8 Å². The molecule has 0 spiro atoms. The van der Waals surface area contributed by atoms with Crippen LogP contribution < -0.4 is 0 Å². The molecular formula is C6H12O2S. The van der Waals surface area contributed by atoms with E-state index in [1.54, 1.807) is 11.8 Å². The van der Waals surface area contributed by atoms with E-state index in [1.807, 2.05) is 0 Å². The van der Waals surface area contributed by atoms with Crippen molar-refractivity contribution >= 4 is 18.2 Å². The van der Waals surface area contributed by atoms with Crippen molar-refractivity contribution < 1.29 is 9.53 Å². The fraction of sp³-hybridized carbons (Fsp3) is 0.833. The van der Waals surface area contributed by atoms with Crippen LogP contribution in [-0.2, 0) is 9.53 Å². The van der Waals surface area contributed by atoms with Gasteiger partial charge in [-0.3, -0.25) is 4.79 Å². The molecule has 54 valence electrons. The van der Waals surface area contributed by atoms with Gasteiger partial charge in [-0.2, -0.15) is 11.8 Å². The highest BCUT2D eigenvalue weighted by Gasteiger charge is 1.92. The van der Waals surface area contributed by atoms with Gasteiger partial charge in [0, 0.05) is 5.75 Å². The molecule has 0 saturated heterocycles. The lowest BCUT2D eigenvalue weighted by Gasteiger charge is -2.01. The minimum Gasteiger partial charge on any atom is -0.467 e. The maximum atomic E-state index is 9.62. The van der Waals surface area contributed by atoms with Crippen molar-refractivity contribution in [3.63, 3.8) is 0 Å². The van der Waals surface area contributed by atoms with E-state index in [0.29, 0.717) is 18.3 Å². The highest BCUT2D eigenvalue weighted by Crippen LogP contribution is 2.07. The summed E-state index contributed by atoms with van der Waals surface area (Å²) in [5.74, 6) is 0.899. The topological polar surface area (TPSA) is 26.3 Å². The first kappa shape index (κ1) is 8.82. The third kappa shape index (κ3) is 7.82. The molecule has 3 heteroatoms. The van der Waals surface area contributed by atoms with Crippen molar-refractivity contribution in [1.29, 1.82) is 0 Å². The summed E-state index contributed by atoms with van der Waals surface area (Å²) < 4.78 is 4.48. The largest absolute Gasteiger partial charge is 0.467 e. The van der Waals surface area contributed by atoms with Gasteiger partial charge in [0.1, 0.15) is 6.61 Å². The Morgan fingerprint density at radius 3 is 2.78 bits per heavy atom. The lowest BCUT2D eigenvalue weighted by Crippen LogP contribution is -1.97. The van der Waals surface area contributed by atoms with Gasteiger partial charge in [0.2, 0.25) is 0 Å². The van der Waals surface area contributed by atoms with Gasteiger partial charge in [-0.05, 0) is 5.25 Å². The molecule has 0 aliphatic heterocycles. The molecule has 0 N–H and O–H groups in total. The fourth-order valence-corrected chi connectivity index (χ4v) is 1.04. The first-order chi connectivity index (χ1) is 4.27. The minimum absolute atomic E-state index is 0.487. The smallest absolute Gasteiger partial charge is 0.293 e. The van der Waals surface area contributed by atoms with Gasteiger partial charge in [-0.25, -0.2) is 0 Å². The Kier molecular flexibility index (Phi) is 5.83. The Bertz CT molecular complexity index is 73.5. The zero-order valence-electron chi connectivity index (χ0n) is 5.79. The second kappa shape index (κ2) is 5.95. The lowest BCUT2D eigenvalue weighted by molar-refractivity contribution is -0.128. The summed E-state index contributed by atoms with van der Waals surface area (Å²) in [6.45, 7) is 5.25. The molecule has 0 fully saturated rings. The number of hydrogen-bond donors (Lipinski definition) is 0. The number of ether oxygens (including phenoxy) is 1. The van der Waals surface area contributed by atoms with E-state index in [9.17, 15) is 4.79 Å². The highest BCUT2D eigenvalue weighted by molar-refractivity contribution is 7.99. The molecule has 0 heterocycles. The van der Waals surface area contributed by atoms with Crippen LogP contribution in [0.25, 0.3) is 0 Å². The van der Waals surface area contributed by atoms with Crippen LogP contribution in [0.15, 0.2) is 0 Å². The normalized spacial score (nSPS) is 9.67. The van der Waals surface area contributed by atoms with E-state index in [-0.39, 0.29) is 0 Å². The van der Waals surface area contributed by atoms with Crippen LogP contribution >= 0.6 is 11.8 Å². The maximum absolute atomic E-state index is 9.62. The van der Waals surface area contributed by atoms with E-state index in [1.165, 1.54) is 0 Å². The summed E-state index contributed by atoms with van der Waals surface area (Å²) in [6, 6.07) is 0. The summed E-state index contributed by atoms with van der Waals surface area (Å²) in [4.78, 5) is 9.62. The first-order valence-electron chi connectivity index (χ1n) is 2.94. The van der Waals surface area contributed by atoms with Crippen LogP contribution in [0, 0.1) is 0 Å². The van der Waals surface area contributed by atoms with Crippen LogP contribution in [-0.4, -0.2) is 24.1 Å². The zero-order chi connectivity index (χ0) is 7.11. The van der Waals surface area contributed by atoms with Gasteiger partial charge in [-0.15, -0.1) is 0 Å². The standard InChI is InChI=1S/C6H12O2S/c1-6(2)9-4-3-8-5-7/h5-6H,3-4H2,1-2H3. The van der Waals surface area contributed by atoms with Gasteiger partial charge in [0.05, 0.1) is 0 Å². The van der Waals surface area contributed by atoms with Crippen molar-refractivity contribution in [3.05, 3.63) is 0 Å². The summed E-state index contributed by atoms with van der Waals surface area (Å²) in [5, 5.41) is 0.625. The van der Waals surface area contributed by atoms with Crippen LogP contribution in [0.5, 0.6) is 0 Å². The SMILES string of the molecule is CC(C)SCCOC=O. The molecule has 0 aromatic heterocycles. The van der Waals surface area contributed by atoms with E-state index < -0.39 is 0 Å². The third-order valence-electron chi connectivity index (χ3n) is 0.720. The first-order valence-corrected chi connectivity index (χ1v) is 3.99. The molecule has 9 heavy (non-hydrogen) atoms. The molecule has 0 atom stereocenters. The van der Waals surface area contributed by atoms with Crippen molar-refractivity contribution in [2.24, 2.45) is 0 Å². The molecule has 0 radical (unpaired) electrons. The molecule has 0 saturated carbocycles. The van der Waals surface area contributed by atoms with E-state index in [0.717, 1.165) is 5.75 Å². The number of carbonyl (C=O) groups is 1. The van der Waals surface area contributed by atoms with Gasteiger partial charge < -0.3 is 4.74 Å². The predicted octanol–water partition coefficient (Wildman–Crippen LogP) is 1.30. The molecule has 2 nitrogen and oxygen atoms in total. The molecule has 0 amide bonds. The highest BCUT2D eigenvalue weighted by atomic mass is 32.2. The number of carbonyl (C=O) groups excluding carboxylic acids is 1. The molecule has 0 unspecified atom stereocenters. The monoisotopic (exact) mass is 148 g/mol. The molecule has 0 aliphatic carbocycles. The average molecular weight is 148 g/mol. The molecule has 0 rings (SSSR count). The average Bonchev–Trinajstić information content (AvgIpc) is 1.80. The Labute approximate surface area is 60.0 Å². The van der Waals surface area contributed by atoms with Gasteiger partial charge >= 0.3 is 0 Å². The Hall–Kier alpha value is -0.180. The van der Waals surface area contributed by atoms with E-state index >= 15 is 0 Å². The second-order valence-corrected chi connectivity index (χ2v) is 3.57. The zero-order valence-corrected chi connectivity index (χ0v) is 6.61. The van der Waals surface area contributed by atoms with Crippen molar-refractivity contribution in [2.45, 2.75) is 19.1 Å². The van der Waals surface area contributed by atoms with Gasteiger partial charge in [0.15, 0.2) is 0 Å². The van der Waals surface area contributed by atoms with Crippen molar-refractivity contribution in [1.82, 2.24) is 0 Å². The van der Waals surface area contributed by atoms with Crippen LogP contribution in [0.3, 0.4) is 0 Å². The Morgan fingerprint density at radius 1 is 1.67 bits per heavy atom. The van der Waals surface area contributed by atoms with Crippen molar-refractivity contribution in [3.8, 4) is 0 Å². The third-order valence-corrected chi connectivity index (χ3v) is 1.79. The Balaban J connectivity index is 2.82. The predicted molar refractivity (Wildman–Crippen MR) is 39.6 cm³/mol. The fourth-order valence-electron chi connectivity index (χ4n) is 0.380. The quantitative estimate of drug-likeness (QED) is 0.434. The number of hydrogen-bond acceptors (Lipinski definition) is 3. The summed E-state index contributed by atoms with van der Waals surface area (Å²) >= 11 is 1.79. The van der Waals surface area contributed by atoms with Crippen molar-refractivity contribution in [2.75, 3.05) is 12.4 Å². The molecule has 0 aromatic rings. The molecular weight excluding hydrogens is 136 g/mol. The number of thioether (sulfide) groups is 1. The minimum atomic E-state index is 0.487. The van der Waals surface area contributed by atoms with Crippen LogP contribution in [0.1, 0.15) is 13.8 Å².